The zero-order valence-electron chi connectivity index (χ0n) is 18.3. The van der Waals surface area contributed by atoms with Gasteiger partial charge in [-0.2, -0.15) is 5.10 Å². The first-order valence-electron chi connectivity index (χ1n) is 9.97. The number of methoxy groups -OCH3 is 1. The third-order valence-corrected chi connectivity index (χ3v) is 5.43. The van der Waals surface area contributed by atoms with E-state index in [4.69, 9.17) is 19.4 Å². The molecule has 3 N–H and O–H groups in total. The van der Waals surface area contributed by atoms with Gasteiger partial charge in [-0.3, -0.25) is 9.59 Å². The Morgan fingerprint density at radius 3 is 2.68 bits per heavy atom. The molecule has 12 heteroatoms. The molecule has 0 aromatic heterocycles. The van der Waals surface area contributed by atoms with Crippen LogP contribution >= 0.6 is 11.8 Å². The smallest absolute Gasteiger partial charge is 0.369 e. The van der Waals surface area contributed by atoms with Crippen LogP contribution in [0.25, 0.3) is 0 Å². The molecular weight excluding hydrogens is 464 g/mol. The summed E-state index contributed by atoms with van der Waals surface area (Å²) in [5.74, 6) is -1.42. The van der Waals surface area contributed by atoms with Gasteiger partial charge < -0.3 is 24.7 Å². The zero-order chi connectivity index (χ0) is 24.5. The predicted octanol–water partition coefficient (Wildman–Crippen LogP) is 2.35. The van der Waals surface area contributed by atoms with Gasteiger partial charge in [-0.1, -0.05) is 29.5 Å². The quantitative estimate of drug-likeness (QED) is 0.340. The lowest BCUT2D eigenvalue weighted by Crippen LogP contribution is -2.26. The van der Waals surface area contributed by atoms with Crippen molar-refractivity contribution in [2.75, 3.05) is 19.2 Å². The van der Waals surface area contributed by atoms with Crippen LogP contribution in [0.1, 0.15) is 17.5 Å². The molecule has 0 radical (unpaired) electrons. The largest absolute Gasteiger partial charge is 0.493 e. The number of nitrogens with one attached hydrogen (secondary N) is 2. The maximum absolute atomic E-state index is 11.9. The summed E-state index contributed by atoms with van der Waals surface area (Å²) in [5.41, 5.74) is 4.90. The van der Waals surface area contributed by atoms with Gasteiger partial charge in [0, 0.05) is 0 Å². The molecule has 0 saturated carbocycles. The number of carboxylic acid groups (broad SMARTS) is 1. The van der Waals surface area contributed by atoms with E-state index in [-0.39, 0.29) is 18.2 Å². The third kappa shape index (κ3) is 7.24. The van der Waals surface area contributed by atoms with Crippen molar-refractivity contribution in [3.05, 3.63) is 53.6 Å². The van der Waals surface area contributed by atoms with Gasteiger partial charge in [-0.15, -0.1) is 5.10 Å². The predicted molar refractivity (Wildman–Crippen MR) is 126 cm³/mol. The molecule has 0 spiro atoms. The van der Waals surface area contributed by atoms with Crippen molar-refractivity contribution in [3.8, 4) is 11.5 Å². The number of aryl methyl sites for hydroxylation is 1. The number of anilines is 1. The number of amidine groups is 1. The van der Waals surface area contributed by atoms with Crippen LogP contribution in [0.3, 0.4) is 0 Å². The summed E-state index contributed by atoms with van der Waals surface area (Å²) in [5, 5.41) is 18.6. The van der Waals surface area contributed by atoms with E-state index in [1.165, 1.54) is 13.3 Å². The van der Waals surface area contributed by atoms with Gasteiger partial charge in [0.15, 0.2) is 23.3 Å². The fraction of sp³-hybridized carbons (Fsp3) is 0.227. The third-order valence-electron chi connectivity index (χ3n) is 4.36. The van der Waals surface area contributed by atoms with Crippen LogP contribution in [0.4, 0.5) is 5.69 Å². The first kappa shape index (κ1) is 24.6. The Kier molecular flexibility index (Phi) is 8.46. The van der Waals surface area contributed by atoms with Gasteiger partial charge in [0.2, 0.25) is 5.91 Å². The number of hydrogen-bond acceptors (Lipinski definition) is 10. The number of benzene rings is 2. The minimum Gasteiger partial charge on any atom is -0.493 e. The van der Waals surface area contributed by atoms with E-state index in [0.717, 1.165) is 17.3 Å². The van der Waals surface area contributed by atoms with Crippen LogP contribution in [0.15, 0.2) is 52.7 Å². The van der Waals surface area contributed by atoms with Gasteiger partial charge in [-0.05, 0) is 42.8 Å². The molecule has 1 aliphatic heterocycles. The van der Waals surface area contributed by atoms with Crippen molar-refractivity contribution in [1.29, 1.82) is 0 Å². The maximum Gasteiger partial charge on any atom is 0.369 e. The van der Waals surface area contributed by atoms with Gasteiger partial charge in [0.1, 0.15) is 5.25 Å². The molecule has 34 heavy (non-hydrogen) atoms. The van der Waals surface area contributed by atoms with Crippen molar-refractivity contribution >= 4 is 46.7 Å². The summed E-state index contributed by atoms with van der Waals surface area (Å²) < 4.78 is 10.8. The molecule has 1 aliphatic rings. The molecule has 11 nitrogen and oxygen atoms in total. The summed E-state index contributed by atoms with van der Waals surface area (Å²) in [6.45, 7) is 1.61. The summed E-state index contributed by atoms with van der Waals surface area (Å²) in [6.07, 6.45) is 1.13. The second kappa shape index (κ2) is 11.7. The van der Waals surface area contributed by atoms with Crippen LogP contribution in [0.5, 0.6) is 11.5 Å². The number of amides is 1. The fourth-order valence-corrected chi connectivity index (χ4v) is 3.60. The molecule has 1 heterocycles. The van der Waals surface area contributed by atoms with E-state index in [1.807, 2.05) is 19.1 Å². The first-order valence-corrected chi connectivity index (χ1v) is 10.9. The van der Waals surface area contributed by atoms with E-state index >= 15 is 0 Å². The van der Waals surface area contributed by atoms with Crippen LogP contribution < -0.4 is 20.3 Å². The average Bonchev–Trinajstić information content (AvgIpc) is 3.15. The van der Waals surface area contributed by atoms with Gasteiger partial charge in [-0.25, -0.2) is 10.3 Å². The van der Waals surface area contributed by atoms with Gasteiger partial charge in [0.05, 0.1) is 25.4 Å². The maximum atomic E-state index is 11.9. The molecule has 1 atom stereocenters. The second-order valence-electron chi connectivity index (χ2n) is 6.98. The molecular formula is C22H22N4O7S. The van der Waals surface area contributed by atoms with Crippen LogP contribution in [-0.2, 0) is 19.2 Å². The Labute approximate surface area is 199 Å². The number of thioether (sulfide) groups is 1. The number of carboxylic acids is 1. The Morgan fingerprint density at radius 2 is 1.97 bits per heavy atom. The van der Waals surface area contributed by atoms with E-state index in [1.54, 1.807) is 30.3 Å². The zero-order valence-corrected chi connectivity index (χ0v) is 19.1. The number of aliphatic carboxylic acids is 1. The molecule has 0 bridgehead atoms. The Hall–Kier alpha value is -4.06. The Bertz CT molecular complexity index is 1120. The van der Waals surface area contributed by atoms with Gasteiger partial charge >= 0.3 is 11.9 Å². The van der Waals surface area contributed by atoms with Crippen molar-refractivity contribution in [2.24, 2.45) is 10.2 Å². The number of hydrogen-bond donors (Lipinski definition) is 3. The summed E-state index contributed by atoms with van der Waals surface area (Å²) in [6, 6.07) is 12.2. The fourth-order valence-electron chi connectivity index (χ4n) is 2.68. The van der Waals surface area contributed by atoms with E-state index in [2.05, 4.69) is 21.0 Å². The SMILES string of the molecule is COc1cc(C=NN=C2NC(=O)C(CC(=O)O)S2)ccc1OCC(=O)ONc1ccc(C)cc1. The molecule has 0 aliphatic carbocycles. The molecule has 3 rings (SSSR count). The standard InChI is InChI=1S/C22H22N4O7S/c1-13-3-6-15(7-4-13)26-33-20(29)12-32-16-8-5-14(9-17(16)31-2)11-23-25-22-24-21(30)18(34-22)10-19(27)28/h3-9,11,18,26H,10,12H2,1-2H3,(H,27,28)(H,24,25,30). The highest BCUT2D eigenvalue weighted by Crippen LogP contribution is 2.28. The van der Waals surface area contributed by atoms with E-state index < -0.39 is 23.1 Å². The second-order valence-corrected chi connectivity index (χ2v) is 8.18. The normalized spacial score (nSPS) is 16.4. The van der Waals surface area contributed by atoms with Crippen molar-refractivity contribution < 1.29 is 33.8 Å². The summed E-state index contributed by atoms with van der Waals surface area (Å²) in [4.78, 5) is 39.4. The Balaban J connectivity index is 1.52. The topological polar surface area (TPSA) is 148 Å². The number of carbonyl (C=O) groups excluding carboxylic acids is 2. The van der Waals surface area contributed by atoms with Crippen LogP contribution in [-0.4, -0.2) is 53.3 Å². The number of ether oxygens (including phenoxy) is 2. The molecule has 2 aromatic rings. The Morgan fingerprint density at radius 1 is 1.21 bits per heavy atom. The van der Waals surface area contributed by atoms with Crippen LogP contribution in [0.2, 0.25) is 0 Å². The number of rotatable bonds is 10. The van der Waals surface area contributed by atoms with E-state index in [0.29, 0.717) is 22.7 Å². The number of carbonyl (C=O) groups is 3. The first-order chi connectivity index (χ1) is 16.3. The average molecular weight is 487 g/mol. The highest BCUT2D eigenvalue weighted by atomic mass is 32.2. The lowest BCUT2D eigenvalue weighted by Gasteiger charge is -2.11. The molecule has 1 unspecified atom stereocenters. The van der Waals surface area contributed by atoms with Crippen molar-refractivity contribution in [3.63, 3.8) is 0 Å². The molecule has 1 saturated heterocycles. The van der Waals surface area contributed by atoms with Crippen molar-refractivity contribution in [2.45, 2.75) is 18.6 Å². The monoisotopic (exact) mass is 486 g/mol. The summed E-state index contributed by atoms with van der Waals surface area (Å²) in [7, 11) is 1.45. The minimum absolute atomic E-state index is 0.220. The van der Waals surface area contributed by atoms with Gasteiger partial charge in [0.25, 0.3) is 0 Å². The molecule has 1 amide bonds. The highest BCUT2D eigenvalue weighted by molar-refractivity contribution is 8.15. The lowest BCUT2D eigenvalue weighted by atomic mass is 10.2. The number of nitrogens with zero attached hydrogens (tertiary/aromatic N) is 2. The lowest BCUT2D eigenvalue weighted by molar-refractivity contribution is -0.143. The minimum atomic E-state index is -1.07. The van der Waals surface area contributed by atoms with Crippen molar-refractivity contribution in [1.82, 2.24) is 5.32 Å². The molecule has 1 fully saturated rings. The van der Waals surface area contributed by atoms with Crippen LogP contribution in [0, 0.1) is 6.92 Å². The summed E-state index contributed by atoms with van der Waals surface area (Å²) >= 11 is 1.01. The van der Waals surface area contributed by atoms with E-state index in [9.17, 15) is 14.4 Å². The molecule has 178 valence electrons. The highest BCUT2D eigenvalue weighted by Gasteiger charge is 2.32. The molecule has 2 aromatic carbocycles.